The zero-order valence-corrected chi connectivity index (χ0v) is 8.25. The minimum Gasteiger partial charge on any atom is -0.477 e. The van der Waals surface area contributed by atoms with Gasteiger partial charge in [0.25, 0.3) is 0 Å². The Morgan fingerprint density at radius 2 is 2.20 bits per heavy atom. The van der Waals surface area contributed by atoms with Crippen LogP contribution in [0.1, 0.15) is 9.67 Å². The van der Waals surface area contributed by atoms with Crippen molar-refractivity contribution >= 4 is 39.2 Å². The molecule has 0 unspecified atom stereocenters. The third kappa shape index (κ3) is 1.79. The van der Waals surface area contributed by atoms with E-state index in [2.05, 4.69) is 4.99 Å². The van der Waals surface area contributed by atoms with Crippen LogP contribution in [-0.4, -0.2) is 17.2 Å². The number of carboxylic acids is 1. The van der Waals surface area contributed by atoms with Crippen molar-refractivity contribution in [2.75, 3.05) is 0 Å². The van der Waals surface area contributed by atoms with E-state index >= 15 is 0 Å². The number of benzene rings is 1. The van der Waals surface area contributed by atoms with E-state index < -0.39 is 5.97 Å². The topological polar surface area (TPSA) is 66.7 Å². The molecule has 0 saturated heterocycles. The number of fused-ring (bicyclic) bond motifs is 1. The summed E-state index contributed by atoms with van der Waals surface area (Å²) in [7, 11) is 0. The summed E-state index contributed by atoms with van der Waals surface area (Å²) in [5, 5.41) is 9.56. The maximum absolute atomic E-state index is 10.7. The molecular formula is C10H5NO3S. The molecule has 0 aliphatic carbocycles. The fourth-order valence-electron chi connectivity index (χ4n) is 1.26. The van der Waals surface area contributed by atoms with E-state index in [1.807, 2.05) is 0 Å². The molecule has 0 radical (unpaired) electrons. The molecule has 0 amide bonds. The van der Waals surface area contributed by atoms with Crippen molar-refractivity contribution in [1.29, 1.82) is 0 Å². The highest BCUT2D eigenvalue weighted by Crippen LogP contribution is 2.28. The van der Waals surface area contributed by atoms with Crippen molar-refractivity contribution in [3.63, 3.8) is 0 Å². The summed E-state index contributed by atoms with van der Waals surface area (Å²) in [6.45, 7) is 0. The van der Waals surface area contributed by atoms with Gasteiger partial charge in [0, 0.05) is 4.70 Å². The van der Waals surface area contributed by atoms with Crippen molar-refractivity contribution in [2.45, 2.75) is 0 Å². The Bertz CT molecular complexity index is 581. The lowest BCUT2D eigenvalue weighted by Gasteiger charge is -1.89. The molecule has 0 bridgehead atoms. The van der Waals surface area contributed by atoms with Crippen LogP contribution in [0.5, 0.6) is 0 Å². The van der Waals surface area contributed by atoms with Gasteiger partial charge in [-0.15, -0.1) is 11.3 Å². The van der Waals surface area contributed by atoms with Gasteiger partial charge in [0.2, 0.25) is 6.08 Å². The Morgan fingerprint density at radius 3 is 2.87 bits per heavy atom. The first-order valence-corrected chi connectivity index (χ1v) is 4.87. The summed E-state index contributed by atoms with van der Waals surface area (Å²) in [5.74, 6) is -0.948. The molecule has 0 aliphatic heterocycles. The number of nitrogens with zero attached hydrogens (tertiary/aromatic N) is 1. The second-order valence-electron chi connectivity index (χ2n) is 2.84. The molecule has 0 spiro atoms. The maximum Gasteiger partial charge on any atom is 0.345 e. The number of isocyanates is 1. The summed E-state index contributed by atoms with van der Waals surface area (Å²) in [6.07, 6.45) is 1.44. The van der Waals surface area contributed by atoms with Gasteiger partial charge < -0.3 is 5.11 Å². The molecule has 15 heavy (non-hydrogen) atoms. The number of aliphatic imine (C=N–C) groups is 1. The Hall–Kier alpha value is -1.97. The molecule has 0 atom stereocenters. The van der Waals surface area contributed by atoms with E-state index in [0.29, 0.717) is 5.69 Å². The summed E-state index contributed by atoms with van der Waals surface area (Å²) in [5.41, 5.74) is 0.479. The molecule has 0 fully saturated rings. The van der Waals surface area contributed by atoms with E-state index in [1.165, 1.54) is 17.4 Å². The second kappa shape index (κ2) is 3.65. The predicted molar refractivity (Wildman–Crippen MR) is 56.6 cm³/mol. The lowest BCUT2D eigenvalue weighted by Crippen LogP contribution is -1.89. The highest BCUT2D eigenvalue weighted by atomic mass is 32.1. The van der Waals surface area contributed by atoms with Gasteiger partial charge in [-0.3, -0.25) is 0 Å². The number of carbonyl (C=O) groups is 1. The van der Waals surface area contributed by atoms with Gasteiger partial charge in [0.05, 0.1) is 5.69 Å². The molecule has 5 heteroatoms. The average molecular weight is 219 g/mol. The zero-order chi connectivity index (χ0) is 10.8. The first-order valence-electron chi connectivity index (χ1n) is 4.05. The summed E-state index contributed by atoms with van der Waals surface area (Å²) in [4.78, 5) is 24.5. The van der Waals surface area contributed by atoms with Crippen LogP contribution in [0.3, 0.4) is 0 Å². The molecule has 0 saturated carbocycles. The standard InChI is InChI=1S/C10H5NO3S/c12-5-11-7-1-2-8-6(3-7)4-9(15-8)10(13)14/h1-4H,(H,13,14). The molecule has 1 aromatic heterocycles. The molecule has 2 rings (SSSR count). The van der Waals surface area contributed by atoms with Gasteiger partial charge in [-0.05, 0) is 29.7 Å². The minimum atomic E-state index is -0.948. The van der Waals surface area contributed by atoms with Gasteiger partial charge in [-0.2, -0.15) is 4.99 Å². The monoisotopic (exact) mass is 219 g/mol. The molecule has 0 aliphatic rings. The van der Waals surface area contributed by atoms with E-state index in [1.54, 1.807) is 24.3 Å². The summed E-state index contributed by atoms with van der Waals surface area (Å²) in [6, 6.07) is 6.60. The molecule has 74 valence electrons. The Kier molecular flexibility index (Phi) is 2.33. The van der Waals surface area contributed by atoms with Crippen molar-refractivity contribution in [2.24, 2.45) is 4.99 Å². The molecule has 1 aromatic carbocycles. The van der Waals surface area contributed by atoms with Crippen molar-refractivity contribution in [1.82, 2.24) is 0 Å². The van der Waals surface area contributed by atoms with Crippen LogP contribution in [0.15, 0.2) is 29.3 Å². The number of hydrogen-bond acceptors (Lipinski definition) is 4. The lowest BCUT2D eigenvalue weighted by atomic mass is 10.2. The van der Waals surface area contributed by atoms with Crippen molar-refractivity contribution in [3.8, 4) is 0 Å². The average Bonchev–Trinajstić information content (AvgIpc) is 2.61. The molecule has 4 nitrogen and oxygen atoms in total. The van der Waals surface area contributed by atoms with Crippen LogP contribution in [0, 0.1) is 0 Å². The van der Waals surface area contributed by atoms with Gasteiger partial charge in [-0.1, -0.05) is 0 Å². The third-order valence-electron chi connectivity index (χ3n) is 1.89. The van der Waals surface area contributed by atoms with Gasteiger partial charge >= 0.3 is 5.97 Å². The first kappa shape index (κ1) is 9.58. The van der Waals surface area contributed by atoms with Crippen molar-refractivity contribution in [3.05, 3.63) is 29.1 Å². The van der Waals surface area contributed by atoms with E-state index in [0.717, 1.165) is 10.1 Å². The highest BCUT2D eigenvalue weighted by molar-refractivity contribution is 7.20. The molecule has 2 aromatic rings. The van der Waals surface area contributed by atoms with Crippen LogP contribution < -0.4 is 0 Å². The Morgan fingerprint density at radius 1 is 1.40 bits per heavy atom. The molecule has 1 N–H and O–H groups in total. The summed E-state index contributed by atoms with van der Waals surface area (Å²) < 4.78 is 0.859. The van der Waals surface area contributed by atoms with Crippen LogP contribution >= 0.6 is 11.3 Å². The number of aromatic carboxylic acids is 1. The van der Waals surface area contributed by atoms with E-state index in [-0.39, 0.29) is 4.88 Å². The van der Waals surface area contributed by atoms with E-state index in [4.69, 9.17) is 5.11 Å². The van der Waals surface area contributed by atoms with Gasteiger partial charge in [-0.25, -0.2) is 9.59 Å². The van der Waals surface area contributed by atoms with E-state index in [9.17, 15) is 9.59 Å². The number of carbonyl (C=O) groups excluding carboxylic acids is 1. The maximum atomic E-state index is 10.7. The number of thiophene rings is 1. The number of hydrogen-bond donors (Lipinski definition) is 1. The number of carboxylic acid groups (broad SMARTS) is 1. The zero-order valence-electron chi connectivity index (χ0n) is 7.43. The Balaban J connectivity index is 2.61. The van der Waals surface area contributed by atoms with Crippen LogP contribution in [0.4, 0.5) is 5.69 Å². The van der Waals surface area contributed by atoms with Crippen LogP contribution in [0.2, 0.25) is 0 Å². The van der Waals surface area contributed by atoms with Crippen molar-refractivity contribution < 1.29 is 14.7 Å². The Labute approximate surface area is 88.5 Å². The molecular weight excluding hydrogens is 214 g/mol. The SMILES string of the molecule is O=C=Nc1ccc2sc(C(=O)O)cc2c1. The minimum absolute atomic E-state index is 0.275. The first-order chi connectivity index (χ1) is 7.20. The fourth-order valence-corrected chi connectivity index (χ4v) is 2.14. The van der Waals surface area contributed by atoms with Crippen LogP contribution in [0.25, 0.3) is 10.1 Å². The summed E-state index contributed by atoms with van der Waals surface area (Å²) >= 11 is 1.19. The number of rotatable bonds is 2. The quantitative estimate of drug-likeness (QED) is 0.623. The third-order valence-corrected chi connectivity index (χ3v) is 2.99. The molecule has 1 heterocycles. The second-order valence-corrected chi connectivity index (χ2v) is 3.92. The largest absolute Gasteiger partial charge is 0.477 e. The van der Waals surface area contributed by atoms with Gasteiger partial charge in [0.1, 0.15) is 4.88 Å². The highest BCUT2D eigenvalue weighted by Gasteiger charge is 2.08. The lowest BCUT2D eigenvalue weighted by molar-refractivity contribution is 0.0702. The normalized spacial score (nSPS) is 9.87. The fraction of sp³-hybridized carbons (Fsp3) is 0. The smallest absolute Gasteiger partial charge is 0.345 e. The van der Waals surface area contributed by atoms with Crippen LogP contribution in [-0.2, 0) is 4.79 Å². The predicted octanol–water partition coefficient (Wildman–Crippen LogP) is 2.57. The van der Waals surface area contributed by atoms with Gasteiger partial charge in [0.15, 0.2) is 0 Å².